The van der Waals surface area contributed by atoms with E-state index in [1.54, 1.807) is 12.4 Å². The van der Waals surface area contributed by atoms with Crippen LogP contribution in [0.25, 0.3) is 0 Å². The van der Waals surface area contributed by atoms with Crippen molar-refractivity contribution < 1.29 is 4.74 Å². The van der Waals surface area contributed by atoms with Crippen LogP contribution in [-0.2, 0) is 4.74 Å². The third-order valence-electron chi connectivity index (χ3n) is 2.59. The van der Waals surface area contributed by atoms with Crippen LogP contribution in [0.3, 0.4) is 0 Å². The van der Waals surface area contributed by atoms with Gasteiger partial charge in [-0.1, -0.05) is 31.5 Å². The minimum Gasteiger partial charge on any atom is -0.365 e. The summed E-state index contributed by atoms with van der Waals surface area (Å²) in [5.41, 5.74) is 1.53. The summed E-state index contributed by atoms with van der Waals surface area (Å²) in [5, 5.41) is 0.599. The van der Waals surface area contributed by atoms with Crippen LogP contribution in [0.5, 0.6) is 0 Å². The van der Waals surface area contributed by atoms with E-state index >= 15 is 0 Å². The van der Waals surface area contributed by atoms with Gasteiger partial charge in [0.25, 0.3) is 0 Å². The summed E-state index contributed by atoms with van der Waals surface area (Å²) < 4.78 is 5.95. The van der Waals surface area contributed by atoms with Crippen molar-refractivity contribution in [3.05, 3.63) is 59.1 Å². The maximum absolute atomic E-state index is 6.21. The lowest BCUT2D eigenvalue weighted by Crippen LogP contribution is -2.13. The molecule has 0 radical (unpaired) electrons. The Bertz CT molecular complexity index is 517. The molecule has 2 aromatic heterocycles. The molecule has 1 unspecified atom stereocenters. The molecule has 0 spiro atoms. The summed E-state index contributed by atoms with van der Waals surface area (Å²) in [6.45, 7) is 4.85. The number of hydrogen-bond donors (Lipinski definition) is 0. The molecule has 0 aliphatic rings. The molecule has 2 rings (SSSR count). The third kappa shape index (κ3) is 3.75. The molecule has 0 saturated heterocycles. The van der Waals surface area contributed by atoms with Crippen molar-refractivity contribution in [3.8, 4) is 0 Å². The van der Waals surface area contributed by atoms with E-state index in [0.717, 1.165) is 5.69 Å². The van der Waals surface area contributed by atoms with E-state index in [-0.39, 0.29) is 6.10 Å². The number of pyridine rings is 2. The Labute approximate surface area is 118 Å². The molecule has 2 heterocycles. The summed E-state index contributed by atoms with van der Waals surface area (Å²) in [6.07, 6.45) is 3.14. The van der Waals surface area contributed by atoms with Gasteiger partial charge in [0.1, 0.15) is 6.10 Å². The van der Waals surface area contributed by atoms with Crippen molar-refractivity contribution in [1.82, 2.24) is 9.97 Å². The lowest BCUT2D eigenvalue weighted by atomic mass is 10.1. The molecule has 4 heteroatoms. The van der Waals surface area contributed by atoms with E-state index in [1.807, 2.05) is 30.3 Å². The molecule has 1 atom stereocenters. The highest BCUT2D eigenvalue weighted by molar-refractivity contribution is 6.31. The Kier molecular flexibility index (Phi) is 4.88. The van der Waals surface area contributed by atoms with Crippen molar-refractivity contribution in [1.29, 1.82) is 0 Å². The van der Waals surface area contributed by atoms with Gasteiger partial charge in [0.05, 0.1) is 23.0 Å². The molecule has 0 aromatic carbocycles. The topological polar surface area (TPSA) is 35.0 Å². The van der Waals surface area contributed by atoms with Crippen LogP contribution in [0.1, 0.15) is 31.3 Å². The highest BCUT2D eigenvalue weighted by Gasteiger charge is 2.20. The molecule has 0 aliphatic heterocycles. The van der Waals surface area contributed by atoms with Crippen LogP contribution in [-0.4, -0.2) is 16.6 Å². The summed E-state index contributed by atoms with van der Waals surface area (Å²) in [6, 6.07) is 9.37. The van der Waals surface area contributed by atoms with Crippen LogP contribution < -0.4 is 0 Å². The van der Waals surface area contributed by atoms with Gasteiger partial charge in [-0.2, -0.15) is 0 Å². The Morgan fingerprint density at radius 3 is 2.53 bits per heavy atom. The Morgan fingerprint density at radius 2 is 1.89 bits per heavy atom. The fourth-order valence-corrected chi connectivity index (χ4v) is 1.94. The molecule has 3 nitrogen and oxygen atoms in total. The van der Waals surface area contributed by atoms with Gasteiger partial charge < -0.3 is 4.74 Å². The Balaban J connectivity index is 2.32. The van der Waals surface area contributed by atoms with E-state index in [0.29, 0.717) is 23.2 Å². The first-order chi connectivity index (χ1) is 9.18. The average Bonchev–Trinajstić information content (AvgIpc) is 2.42. The number of nitrogens with zero attached hydrogens (tertiary/aromatic N) is 2. The normalized spacial score (nSPS) is 12.6. The Morgan fingerprint density at radius 1 is 1.11 bits per heavy atom. The van der Waals surface area contributed by atoms with Gasteiger partial charge in [0, 0.05) is 12.4 Å². The first-order valence-electron chi connectivity index (χ1n) is 6.31. The average molecular weight is 277 g/mol. The number of ether oxygens (including phenoxy) is 1. The molecule has 0 amide bonds. The predicted octanol–water partition coefficient (Wildman–Crippen LogP) is 3.89. The SMILES string of the molecule is CC(C)COC(c1ccccn1)c1ncccc1Cl. The van der Waals surface area contributed by atoms with Crippen molar-refractivity contribution in [3.63, 3.8) is 0 Å². The van der Waals surface area contributed by atoms with E-state index in [2.05, 4.69) is 23.8 Å². The zero-order valence-corrected chi connectivity index (χ0v) is 11.8. The summed E-state index contributed by atoms with van der Waals surface area (Å²) in [4.78, 5) is 8.69. The molecule has 0 saturated carbocycles. The van der Waals surface area contributed by atoms with E-state index in [9.17, 15) is 0 Å². The molecular formula is C15H17ClN2O. The molecule has 2 aromatic rings. The first-order valence-corrected chi connectivity index (χ1v) is 6.69. The van der Waals surface area contributed by atoms with Gasteiger partial charge in [-0.3, -0.25) is 9.97 Å². The van der Waals surface area contributed by atoms with Gasteiger partial charge >= 0.3 is 0 Å². The first kappa shape index (κ1) is 14.0. The summed E-state index contributed by atoms with van der Waals surface area (Å²) in [5.74, 6) is 0.439. The zero-order chi connectivity index (χ0) is 13.7. The molecular weight excluding hydrogens is 260 g/mol. The second-order valence-corrected chi connectivity index (χ2v) is 5.14. The smallest absolute Gasteiger partial charge is 0.143 e. The van der Waals surface area contributed by atoms with Crippen molar-refractivity contribution >= 4 is 11.6 Å². The highest BCUT2D eigenvalue weighted by Crippen LogP contribution is 2.28. The van der Waals surface area contributed by atoms with Crippen LogP contribution in [0, 0.1) is 5.92 Å². The van der Waals surface area contributed by atoms with Crippen LogP contribution in [0.15, 0.2) is 42.7 Å². The van der Waals surface area contributed by atoms with Crippen molar-refractivity contribution in [2.45, 2.75) is 20.0 Å². The largest absolute Gasteiger partial charge is 0.365 e. The number of halogens is 1. The standard InChI is InChI=1S/C15H17ClN2O/c1-11(2)10-19-15(13-7-3-4-8-17-13)14-12(16)6-5-9-18-14/h3-9,11,15H,10H2,1-2H3. The quantitative estimate of drug-likeness (QED) is 0.831. The predicted molar refractivity (Wildman–Crippen MR) is 76.1 cm³/mol. The van der Waals surface area contributed by atoms with E-state index in [4.69, 9.17) is 16.3 Å². The van der Waals surface area contributed by atoms with Crippen molar-refractivity contribution in [2.24, 2.45) is 5.92 Å². The molecule has 100 valence electrons. The minimum absolute atomic E-state index is 0.322. The molecule has 19 heavy (non-hydrogen) atoms. The number of rotatable bonds is 5. The van der Waals surface area contributed by atoms with Gasteiger partial charge in [-0.05, 0) is 30.2 Å². The van der Waals surface area contributed by atoms with Crippen molar-refractivity contribution in [2.75, 3.05) is 6.61 Å². The van der Waals surface area contributed by atoms with E-state index in [1.165, 1.54) is 0 Å². The van der Waals surface area contributed by atoms with Gasteiger partial charge in [-0.15, -0.1) is 0 Å². The molecule has 0 bridgehead atoms. The highest BCUT2D eigenvalue weighted by atomic mass is 35.5. The second-order valence-electron chi connectivity index (χ2n) is 4.73. The maximum atomic E-state index is 6.21. The molecule has 0 aliphatic carbocycles. The van der Waals surface area contributed by atoms with Crippen LogP contribution >= 0.6 is 11.6 Å². The molecule has 0 N–H and O–H groups in total. The van der Waals surface area contributed by atoms with E-state index < -0.39 is 0 Å². The summed E-state index contributed by atoms with van der Waals surface area (Å²) in [7, 11) is 0. The van der Waals surface area contributed by atoms with Crippen LogP contribution in [0.4, 0.5) is 0 Å². The minimum atomic E-state index is -0.322. The third-order valence-corrected chi connectivity index (χ3v) is 2.91. The fourth-order valence-electron chi connectivity index (χ4n) is 1.71. The number of hydrogen-bond acceptors (Lipinski definition) is 3. The fraction of sp³-hybridized carbons (Fsp3) is 0.333. The monoisotopic (exact) mass is 276 g/mol. The maximum Gasteiger partial charge on any atom is 0.143 e. The van der Waals surface area contributed by atoms with Gasteiger partial charge in [0.15, 0.2) is 0 Å². The number of aromatic nitrogens is 2. The molecule has 0 fully saturated rings. The second kappa shape index (κ2) is 6.64. The lowest BCUT2D eigenvalue weighted by Gasteiger charge is -2.19. The lowest BCUT2D eigenvalue weighted by molar-refractivity contribution is 0.0552. The van der Waals surface area contributed by atoms with Gasteiger partial charge in [0.2, 0.25) is 0 Å². The zero-order valence-electron chi connectivity index (χ0n) is 11.1. The Hall–Kier alpha value is -1.45. The van der Waals surface area contributed by atoms with Crippen LogP contribution in [0.2, 0.25) is 5.02 Å². The summed E-state index contributed by atoms with van der Waals surface area (Å²) >= 11 is 6.21. The van der Waals surface area contributed by atoms with Gasteiger partial charge in [-0.25, -0.2) is 0 Å².